The third-order valence-corrected chi connectivity index (χ3v) is 6.01. The molecular formula is C17H29IN4O4S. The first kappa shape index (κ1) is 23.8. The van der Waals surface area contributed by atoms with Crippen LogP contribution < -0.4 is 20.1 Å². The van der Waals surface area contributed by atoms with Crippen LogP contribution >= 0.6 is 24.0 Å². The number of halogens is 1. The Morgan fingerprint density at radius 3 is 2.63 bits per heavy atom. The number of hydrogen-bond acceptors (Lipinski definition) is 5. The van der Waals surface area contributed by atoms with Crippen molar-refractivity contribution in [3.8, 4) is 11.5 Å². The molecule has 0 saturated heterocycles. The third kappa shape index (κ3) is 7.34. The first-order valence-electron chi connectivity index (χ1n) is 8.73. The normalized spacial score (nSPS) is 13.4. The van der Waals surface area contributed by atoms with Gasteiger partial charge in [0, 0.05) is 33.7 Å². The minimum absolute atomic E-state index is 0. The number of ether oxygens (including phenoxy) is 2. The van der Waals surface area contributed by atoms with Crippen molar-refractivity contribution in [1.29, 1.82) is 0 Å². The Balaban J connectivity index is 0.00000364. The lowest BCUT2D eigenvalue weighted by molar-refractivity contribution is 0.174. The zero-order valence-electron chi connectivity index (χ0n) is 16.0. The Labute approximate surface area is 178 Å². The molecule has 0 atom stereocenters. The zero-order valence-corrected chi connectivity index (χ0v) is 19.2. The average molecular weight is 512 g/mol. The van der Waals surface area contributed by atoms with Crippen molar-refractivity contribution in [1.82, 2.24) is 14.9 Å². The molecule has 0 aliphatic carbocycles. The number of fused-ring (bicyclic) bond motifs is 1. The van der Waals surface area contributed by atoms with E-state index in [1.807, 2.05) is 18.2 Å². The van der Waals surface area contributed by atoms with Crippen LogP contribution in [0.5, 0.6) is 11.5 Å². The molecule has 0 unspecified atom stereocenters. The molecular weight excluding hydrogens is 483 g/mol. The van der Waals surface area contributed by atoms with E-state index in [1.165, 1.54) is 4.31 Å². The minimum Gasteiger partial charge on any atom is -0.454 e. The molecule has 0 radical (unpaired) electrons. The summed E-state index contributed by atoms with van der Waals surface area (Å²) in [5.41, 5.74) is 1.16. The molecule has 1 aromatic carbocycles. The molecule has 0 bridgehead atoms. The molecule has 2 N–H and O–H groups in total. The van der Waals surface area contributed by atoms with Gasteiger partial charge in [0.1, 0.15) is 0 Å². The van der Waals surface area contributed by atoms with Gasteiger partial charge in [-0.3, -0.25) is 4.99 Å². The second-order valence-corrected chi connectivity index (χ2v) is 8.30. The fourth-order valence-electron chi connectivity index (χ4n) is 2.51. The smallest absolute Gasteiger partial charge is 0.231 e. The van der Waals surface area contributed by atoms with Gasteiger partial charge in [-0.15, -0.1) is 24.0 Å². The van der Waals surface area contributed by atoms with E-state index in [4.69, 9.17) is 9.47 Å². The Hall–Kier alpha value is -1.27. The topological polar surface area (TPSA) is 92.3 Å². The van der Waals surface area contributed by atoms with Crippen LogP contribution in [0.1, 0.15) is 18.9 Å². The molecule has 1 aliphatic heterocycles. The van der Waals surface area contributed by atoms with E-state index in [9.17, 15) is 8.42 Å². The average Bonchev–Trinajstić information content (AvgIpc) is 3.11. The van der Waals surface area contributed by atoms with E-state index in [2.05, 4.69) is 15.6 Å². The Kier molecular flexibility index (Phi) is 10.2. The van der Waals surface area contributed by atoms with E-state index in [0.29, 0.717) is 25.5 Å². The van der Waals surface area contributed by atoms with Gasteiger partial charge < -0.3 is 20.1 Å². The SMILES string of the molecule is CCS(=O)(=O)N(C)CCCNC(=NC)NCCc1ccc2c(c1)OCO2.I. The van der Waals surface area contributed by atoms with Gasteiger partial charge in [0.15, 0.2) is 17.5 Å². The summed E-state index contributed by atoms with van der Waals surface area (Å²) in [5.74, 6) is 2.40. The lowest BCUT2D eigenvalue weighted by atomic mass is 10.1. The number of aliphatic imine (C=N–C) groups is 1. The molecule has 1 aliphatic rings. The fourth-order valence-corrected chi connectivity index (χ4v) is 3.36. The molecule has 0 fully saturated rings. The Bertz CT molecular complexity index is 728. The summed E-state index contributed by atoms with van der Waals surface area (Å²) in [4.78, 5) is 4.18. The van der Waals surface area contributed by atoms with Crippen LogP contribution in [-0.2, 0) is 16.4 Å². The van der Waals surface area contributed by atoms with Crippen molar-refractivity contribution in [3.05, 3.63) is 23.8 Å². The monoisotopic (exact) mass is 512 g/mol. The summed E-state index contributed by atoms with van der Waals surface area (Å²) in [6.07, 6.45) is 1.54. The summed E-state index contributed by atoms with van der Waals surface area (Å²) < 4.78 is 35.4. The van der Waals surface area contributed by atoms with Crippen molar-refractivity contribution < 1.29 is 17.9 Å². The highest BCUT2D eigenvalue weighted by molar-refractivity contribution is 14.0. The highest BCUT2D eigenvalue weighted by Gasteiger charge is 2.14. The minimum atomic E-state index is -3.11. The van der Waals surface area contributed by atoms with Gasteiger partial charge in [0.2, 0.25) is 16.8 Å². The Morgan fingerprint density at radius 1 is 1.22 bits per heavy atom. The van der Waals surface area contributed by atoms with Crippen molar-refractivity contribution in [2.24, 2.45) is 4.99 Å². The summed E-state index contributed by atoms with van der Waals surface area (Å²) in [6.45, 7) is 3.78. The first-order chi connectivity index (χ1) is 12.5. The number of benzene rings is 1. The van der Waals surface area contributed by atoms with Crippen LogP contribution in [0.4, 0.5) is 0 Å². The molecule has 154 valence electrons. The summed E-state index contributed by atoms with van der Waals surface area (Å²) in [7, 11) is 0.207. The lowest BCUT2D eigenvalue weighted by Gasteiger charge is -2.17. The third-order valence-electron chi connectivity index (χ3n) is 4.15. The predicted molar refractivity (Wildman–Crippen MR) is 118 cm³/mol. The maximum absolute atomic E-state index is 11.7. The van der Waals surface area contributed by atoms with E-state index < -0.39 is 10.0 Å². The number of nitrogens with one attached hydrogen (secondary N) is 2. The van der Waals surface area contributed by atoms with E-state index in [0.717, 1.165) is 30.0 Å². The lowest BCUT2D eigenvalue weighted by Crippen LogP contribution is -2.39. The van der Waals surface area contributed by atoms with Crippen LogP contribution in [0.15, 0.2) is 23.2 Å². The summed E-state index contributed by atoms with van der Waals surface area (Å²) >= 11 is 0. The zero-order chi connectivity index (χ0) is 19.0. The van der Waals surface area contributed by atoms with Crippen LogP contribution in [0.2, 0.25) is 0 Å². The molecule has 1 heterocycles. The molecule has 0 amide bonds. The van der Waals surface area contributed by atoms with Gasteiger partial charge in [-0.1, -0.05) is 6.07 Å². The Morgan fingerprint density at radius 2 is 1.93 bits per heavy atom. The number of nitrogens with zero attached hydrogens (tertiary/aromatic N) is 2. The molecule has 1 aromatic rings. The van der Waals surface area contributed by atoms with Gasteiger partial charge in [-0.05, 0) is 37.5 Å². The quantitative estimate of drug-likeness (QED) is 0.225. The molecule has 2 rings (SSSR count). The number of hydrogen-bond donors (Lipinski definition) is 2. The van der Waals surface area contributed by atoms with Gasteiger partial charge in [0.05, 0.1) is 5.75 Å². The standard InChI is InChI=1S/C17H28N4O4S.HI/c1-4-26(22,23)21(3)11-5-9-19-17(18-2)20-10-8-14-6-7-15-16(12-14)25-13-24-15;/h6-7,12H,4-5,8-11,13H2,1-3H3,(H2,18,19,20);1H. The van der Waals surface area contributed by atoms with Crippen molar-refractivity contribution in [2.75, 3.05) is 46.3 Å². The second-order valence-electron chi connectivity index (χ2n) is 5.94. The number of sulfonamides is 1. The van der Waals surface area contributed by atoms with E-state index in [1.54, 1.807) is 21.0 Å². The second kappa shape index (κ2) is 11.5. The highest BCUT2D eigenvalue weighted by atomic mass is 127. The highest BCUT2D eigenvalue weighted by Crippen LogP contribution is 2.32. The van der Waals surface area contributed by atoms with Crippen LogP contribution in [0.25, 0.3) is 0 Å². The number of rotatable bonds is 9. The van der Waals surface area contributed by atoms with Gasteiger partial charge in [-0.25, -0.2) is 12.7 Å². The van der Waals surface area contributed by atoms with Crippen LogP contribution in [-0.4, -0.2) is 65.0 Å². The van der Waals surface area contributed by atoms with Crippen molar-refractivity contribution in [3.63, 3.8) is 0 Å². The van der Waals surface area contributed by atoms with Crippen molar-refractivity contribution in [2.45, 2.75) is 19.8 Å². The van der Waals surface area contributed by atoms with E-state index in [-0.39, 0.29) is 36.5 Å². The predicted octanol–water partition coefficient (Wildman–Crippen LogP) is 1.41. The van der Waals surface area contributed by atoms with Gasteiger partial charge in [-0.2, -0.15) is 0 Å². The molecule has 0 aromatic heterocycles. The van der Waals surface area contributed by atoms with Crippen molar-refractivity contribution >= 4 is 40.0 Å². The first-order valence-corrected chi connectivity index (χ1v) is 10.3. The molecule has 10 heteroatoms. The summed E-state index contributed by atoms with van der Waals surface area (Å²) in [5, 5.41) is 6.45. The largest absolute Gasteiger partial charge is 0.454 e. The van der Waals surface area contributed by atoms with Crippen LogP contribution in [0.3, 0.4) is 0 Å². The molecule has 8 nitrogen and oxygen atoms in total. The molecule has 0 saturated carbocycles. The van der Waals surface area contributed by atoms with Gasteiger partial charge >= 0.3 is 0 Å². The maximum Gasteiger partial charge on any atom is 0.231 e. The number of guanidine groups is 1. The fraction of sp³-hybridized carbons (Fsp3) is 0.588. The van der Waals surface area contributed by atoms with Gasteiger partial charge in [0.25, 0.3) is 0 Å². The molecule has 27 heavy (non-hydrogen) atoms. The summed E-state index contributed by atoms with van der Waals surface area (Å²) in [6, 6.07) is 5.94. The van der Waals surface area contributed by atoms with Crippen LogP contribution in [0, 0.1) is 0 Å². The molecule has 0 spiro atoms. The maximum atomic E-state index is 11.7. The van der Waals surface area contributed by atoms with E-state index >= 15 is 0 Å².